The molecule has 0 aromatic rings. The Hall–Kier alpha value is -1.74. The largest absolute Gasteiger partial charge is 0.462 e. The maximum Gasteiger partial charge on any atom is 0.306 e. The minimum absolute atomic E-state index is 0.122. The number of esters is 2. The Bertz CT molecular complexity index is 782. The van der Waals surface area contributed by atoms with Crippen molar-refractivity contribution in [3.8, 4) is 0 Å². The Morgan fingerprint density at radius 2 is 1.41 bits per heavy atom. The number of hydrogen-bond donors (Lipinski definition) is 4. The summed E-state index contributed by atoms with van der Waals surface area (Å²) >= 11 is 0. The first-order valence-electron chi connectivity index (χ1n) is 17.7. The second-order valence-corrected chi connectivity index (χ2v) is 12.6. The highest BCUT2D eigenvalue weighted by atomic mass is 16.6. The molecule has 8 heteroatoms. The van der Waals surface area contributed by atoms with Gasteiger partial charge >= 0.3 is 11.9 Å². The summed E-state index contributed by atoms with van der Waals surface area (Å²) in [4.78, 5) is 24.2. The predicted molar refractivity (Wildman–Crippen MR) is 175 cm³/mol. The van der Waals surface area contributed by atoms with Crippen LogP contribution in [0.15, 0.2) is 24.3 Å². The lowest BCUT2D eigenvalue weighted by molar-refractivity contribution is -0.161. The van der Waals surface area contributed by atoms with Gasteiger partial charge in [0.1, 0.15) is 6.61 Å². The van der Waals surface area contributed by atoms with Crippen LogP contribution in [0.2, 0.25) is 0 Å². The molecule has 0 aromatic carbocycles. The second kappa shape index (κ2) is 26.5. The van der Waals surface area contributed by atoms with E-state index in [9.17, 15) is 30.0 Å². The minimum Gasteiger partial charge on any atom is -0.462 e. The number of hydrogen-bond acceptors (Lipinski definition) is 8. The zero-order valence-corrected chi connectivity index (χ0v) is 27.8. The highest BCUT2D eigenvalue weighted by Crippen LogP contribution is 2.36. The number of aliphatic hydroxyl groups excluding tert-OH is 4. The van der Waals surface area contributed by atoms with E-state index in [0.717, 1.165) is 38.5 Å². The fraction of sp³-hybridized carbons (Fsp3) is 0.833. The molecule has 1 aliphatic carbocycles. The molecule has 0 heterocycles. The zero-order valence-electron chi connectivity index (χ0n) is 27.8. The number of allylic oxidation sites excluding steroid dienone is 2. The van der Waals surface area contributed by atoms with E-state index < -0.39 is 37.0 Å². The van der Waals surface area contributed by atoms with E-state index in [4.69, 9.17) is 9.47 Å². The van der Waals surface area contributed by atoms with Crippen molar-refractivity contribution in [2.24, 2.45) is 11.8 Å². The first kappa shape index (κ1) is 40.3. The van der Waals surface area contributed by atoms with Gasteiger partial charge in [0.05, 0.1) is 24.9 Å². The van der Waals surface area contributed by atoms with Crippen LogP contribution >= 0.6 is 0 Å². The number of carbonyl (C=O) groups excluding carboxylic acids is 2. The maximum absolute atomic E-state index is 12.2. The summed E-state index contributed by atoms with van der Waals surface area (Å²) in [6.07, 6.45) is 23.3. The summed E-state index contributed by atoms with van der Waals surface area (Å²) in [6.45, 7) is 3.80. The summed E-state index contributed by atoms with van der Waals surface area (Å²) in [5.74, 6) is -1.10. The van der Waals surface area contributed by atoms with Gasteiger partial charge in [-0.3, -0.25) is 9.59 Å². The lowest BCUT2D eigenvalue weighted by atomic mass is 9.89. The normalized spacial score (nSPS) is 21.7. The molecule has 0 unspecified atom stereocenters. The van der Waals surface area contributed by atoms with E-state index in [0.29, 0.717) is 38.5 Å². The average Bonchev–Trinajstić information content (AvgIpc) is 3.27. The van der Waals surface area contributed by atoms with Crippen molar-refractivity contribution in [1.29, 1.82) is 0 Å². The molecule has 0 saturated heterocycles. The third kappa shape index (κ3) is 19.6. The van der Waals surface area contributed by atoms with Crippen LogP contribution in [0, 0.1) is 11.8 Å². The highest BCUT2D eigenvalue weighted by Gasteiger charge is 2.39. The Labute approximate surface area is 267 Å². The van der Waals surface area contributed by atoms with Crippen LogP contribution in [0.4, 0.5) is 0 Å². The van der Waals surface area contributed by atoms with E-state index in [2.05, 4.69) is 13.8 Å². The van der Waals surface area contributed by atoms with Crippen molar-refractivity contribution >= 4 is 11.9 Å². The third-order valence-corrected chi connectivity index (χ3v) is 8.57. The number of carbonyl (C=O) groups is 2. The van der Waals surface area contributed by atoms with Crippen LogP contribution in [-0.2, 0) is 19.1 Å². The van der Waals surface area contributed by atoms with Crippen LogP contribution in [0.1, 0.15) is 142 Å². The molecule has 8 nitrogen and oxygen atoms in total. The second-order valence-electron chi connectivity index (χ2n) is 12.6. The molecule has 0 spiro atoms. The van der Waals surface area contributed by atoms with Gasteiger partial charge in [0.15, 0.2) is 6.10 Å². The topological polar surface area (TPSA) is 134 Å². The maximum atomic E-state index is 12.2. The summed E-state index contributed by atoms with van der Waals surface area (Å²) in [7, 11) is 0. The van der Waals surface area contributed by atoms with Crippen molar-refractivity contribution in [3.05, 3.63) is 24.3 Å². The van der Waals surface area contributed by atoms with Gasteiger partial charge in [-0.05, 0) is 38.0 Å². The van der Waals surface area contributed by atoms with Crippen LogP contribution in [0.5, 0.6) is 0 Å². The van der Waals surface area contributed by atoms with Gasteiger partial charge in [0.2, 0.25) is 0 Å². The fourth-order valence-electron chi connectivity index (χ4n) is 5.78. The lowest BCUT2D eigenvalue weighted by Crippen LogP contribution is -2.28. The van der Waals surface area contributed by atoms with E-state index >= 15 is 0 Å². The van der Waals surface area contributed by atoms with Gasteiger partial charge in [0.25, 0.3) is 0 Å². The molecule has 0 amide bonds. The van der Waals surface area contributed by atoms with Crippen LogP contribution < -0.4 is 0 Å². The Balaban J connectivity index is 2.20. The number of unbranched alkanes of at least 4 members (excludes halogenated alkanes) is 12. The van der Waals surface area contributed by atoms with Gasteiger partial charge in [-0.1, -0.05) is 115 Å². The van der Waals surface area contributed by atoms with Gasteiger partial charge in [0, 0.05) is 25.2 Å². The molecule has 0 radical (unpaired) electrons. The molecular weight excluding hydrogens is 560 g/mol. The van der Waals surface area contributed by atoms with Gasteiger partial charge in [-0.25, -0.2) is 0 Å². The van der Waals surface area contributed by atoms with Crippen LogP contribution in [-0.4, -0.2) is 70.0 Å². The first-order chi connectivity index (χ1) is 21.3. The van der Waals surface area contributed by atoms with E-state index in [1.807, 2.05) is 18.2 Å². The molecule has 6 atom stereocenters. The molecule has 1 saturated carbocycles. The summed E-state index contributed by atoms with van der Waals surface area (Å²) in [5.41, 5.74) is 0. The van der Waals surface area contributed by atoms with Crippen LogP contribution in [0.3, 0.4) is 0 Å². The number of aliphatic hydroxyl groups is 4. The van der Waals surface area contributed by atoms with Crippen molar-refractivity contribution in [2.75, 3.05) is 13.2 Å². The van der Waals surface area contributed by atoms with Gasteiger partial charge < -0.3 is 29.9 Å². The van der Waals surface area contributed by atoms with Crippen LogP contribution in [0.25, 0.3) is 0 Å². The molecule has 1 aliphatic rings. The molecule has 256 valence electrons. The Morgan fingerprint density at radius 1 is 0.795 bits per heavy atom. The smallest absolute Gasteiger partial charge is 0.306 e. The summed E-state index contributed by atoms with van der Waals surface area (Å²) < 4.78 is 10.5. The van der Waals surface area contributed by atoms with E-state index in [1.54, 1.807) is 6.08 Å². The monoisotopic (exact) mass is 624 g/mol. The van der Waals surface area contributed by atoms with Crippen molar-refractivity contribution in [3.63, 3.8) is 0 Å². The average molecular weight is 625 g/mol. The number of rotatable bonds is 27. The first-order valence-corrected chi connectivity index (χ1v) is 17.7. The molecule has 0 aromatic heterocycles. The Morgan fingerprint density at radius 3 is 2.07 bits per heavy atom. The molecular formula is C36H64O8. The predicted octanol–water partition coefficient (Wildman–Crippen LogP) is 6.72. The summed E-state index contributed by atoms with van der Waals surface area (Å²) in [6, 6.07) is 0. The molecule has 0 bridgehead atoms. The minimum atomic E-state index is -0.861. The number of ether oxygens (including phenoxy) is 2. The van der Waals surface area contributed by atoms with Crippen molar-refractivity contribution < 1.29 is 39.5 Å². The van der Waals surface area contributed by atoms with Crippen molar-refractivity contribution in [2.45, 2.75) is 167 Å². The van der Waals surface area contributed by atoms with E-state index in [-0.39, 0.29) is 30.8 Å². The standard InChI is InChI=1S/C36H64O8/c1-3-5-7-8-9-10-11-12-13-18-22-35(41)43-28-30(27-37)44-36(42)23-19-15-14-17-21-31-32(34(40)26-33(31)39)25-24-29(38)20-16-6-4-2/h14,17,24-25,29-34,37-40H,3-13,15-16,18-23,26-28H2,1-2H3/b17-14+,25-24+/t29-,30-,31+,32+,33-,34+/m0/s1. The van der Waals surface area contributed by atoms with E-state index in [1.165, 1.54) is 44.9 Å². The molecule has 1 fully saturated rings. The Kier molecular flexibility index (Phi) is 24.2. The SMILES string of the molecule is CCCCCCCCCCCCC(=O)OC[C@H](CO)OC(=O)CCC/C=C/C[C@@H]1[C@@H](/C=C/[C@@H](O)CCCCC)[C@H](O)C[C@@H]1O. The lowest BCUT2D eigenvalue weighted by Gasteiger charge is -2.19. The molecule has 0 aliphatic heterocycles. The molecule has 4 N–H and O–H groups in total. The van der Waals surface area contributed by atoms with Crippen molar-refractivity contribution in [1.82, 2.24) is 0 Å². The quantitative estimate of drug-likeness (QED) is 0.0450. The molecule has 1 rings (SSSR count). The van der Waals surface area contributed by atoms with Gasteiger partial charge in [-0.2, -0.15) is 0 Å². The fourth-order valence-corrected chi connectivity index (χ4v) is 5.78. The third-order valence-electron chi connectivity index (χ3n) is 8.57. The summed E-state index contributed by atoms with van der Waals surface area (Å²) in [5, 5.41) is 40.6. The molecule has 44 heavy (non-hydrogen) atoms. The van der Waals surface area contributed by atoms with Gasteiger partial charge in [-0.15, -0.1) is 0 Å². The zero-order chi connectivity index (χ0) is 32.4. The highest BCUT2D eigenvalue weighted by molar-refractivity contribution is 5.70.